The first-order valence-electron chi connectivity index (χ1n) is 12.8. The van der Waals surface area contributed by atoms with E-state index in [1.165, 1.54) is 10.5 Å². The van der Waals surface area contributed by atoms with E-state index in [0.717, 1.165) is 55.8 Å². The number of likely N-dealkylation sites (tertiary alicyclic amines) is 1. The zero-order valence-corrected chi connectivity index (χ0v) is 20.9. The van der Waals surface area contributed by atoms with Crippen LogP contribution in [0.4, 0.5) is 10.5 Å². The van der Waals surface area contributed by atoms with Crippen LogP contribution in [0.2, 0.25) is 0 Å². The maximum atomic E-state index is 11.4. The van der Waals surface area contributed by atoms with Gasteiger partial charge in [0.25, 0.3) is 0 Å². The summed E-state index contributed by atoms with van der Waals surface area (Å²) in [6.07, 6.45) is 2.14. The first kappa shape index (κ1) is 24.3. The van der Waals surface area contributed by atoms with Crippen LogP contribution in [0.5, 0.6) is 5.88 Å². The molecule has 2 saturated heterocycles. The summed E-state index contributed by atoms with van der Waals surface area (Å²) in [4.78, 5) is 24.7. The molecule has 0 saturated carbocycles. The smallest absolute Gasteiger partial charge is 0.407 e. The molecule has 0 spiro atoms. The second-order valence-electron chi connectivity index (χ2n) is 9.97. The average Bonchev–Trinajstić information content (AvgIpc) is 3.31. The molecular weight excluding hydrogens is 456 g/mol. The van der Waals surface area contributed by atoms with Crippen LogP contribution in [0.3, 0.4) is 0 Å². The van der Waals surface area contributed by atoms with Crippen molar-refractivity contribution in [2.45, 2.75) is 38.4 Å². The highest BCUT2D eigenvalue weighted by Crippen LogP contribution is 2.37. The van der Waals surface area contributed by atoms with Crippen LogP contribution in [-0.2, 0) is 19.5 Å². The fourth-order valence-electron chi connectivity index (χ4n) is 5.61. The lowest BCUT2D eigenvalue weighted by atomic mass is 9.98. The molecule has 1 N–H and O–H groups in total. The van der Waals surface area contributed by atoms with Crippen LogP contribution in [0.25, 0.3) is 0 Å². The van der Waals surface area contributed by atoms with Crippen LogP contribution in [0, 0.1) is 11.3 Å². The Morgan fingerprint density at radius 3 is 2.61 bits per heavy atom. The Kier molecular flexibility index (Phi) is 7.25. The van der Waals surface area contributed by atoms with Crippen LogP contribution in [0.15, 0.2) is 30.3 Å². The number of ether oxygens (including phenoxy) is 1. The fourth-order valence-corrected chi connectivity index (χ4v) is 5.61. The molecule has 3 aliphatic heterocycles. The van der Waals surface area contributed by atoms with Crippen molar-refractivity contribution in [2.24, 2.45) is 0 Å². The lowest BCUT2D eigenvalue weighted by Crippen LogP contribution is -2.49. The number of carbonyl (C=O) groups is 1. The Labute approximate surface area is 212 Å². The average molecular weight is 491 g/mol. The van der Waals surface area contributed by atoms with Crippen molar-refractivity contribution in [3.05, 3.63) is 52.7 Å². The van der Waals surface area contributed by atoms with Crippen molar-refractivity contribution in [1.29, 1.82) is 5.26 Å². The minimum atomic E-state index is -0.895. The maximum absolute atomic E-state index is 11.4. The van der Waals surface area contributed by atoms with Crippen molar-refractivity contribution < 1.29 is 14.6 Å². The molecule has 1 aromatic heterocycles. The number of likely N-dealkylation sites (N-methyl/N-ethyl adjacent to an activating group) is 1. The lowest BCUT2D eigenvalue weighted by molar-refractivity contribution is 0.142. The third kappa shape index (κ3) is 5.11. The molecule has 36 heavy (non-hydrogen) atoms. The highest BCUT2D eigenvalue weighted by Gasteiger charge is 2.32. The van der Waals surface area contributed by atoms with Crippen LogP contribution >= 0.6 is 0 Å². The van der Waals surface area contributed by atoms with Gasteiger partial charge in [-0.25, -0.2) is 9.78 Å². The fraction of sp³-hybridized carbons (Fsp3) is 0.519. The van der Waals surface area contributed by atoms with E-state index in [2.05, 4.69) is 52.1 Å². The quantitative estimate of drug-likeness (QED) is 0.661. The van der Waals surface area contributed by atoms with Gasteiger partial charge in [0.1, 0.15) is 18.2 Å². The summed E-state index contributed by atoms with van der Waals surface area (Å²) in [6.45, 7) is 5.92. The maximum Gasteiger partial charge on any atom is 0.407 e. The number of anilines is 1. The predicted molar refractivity (Wildman–Crippen MR) is 136 cm³/mol. The first-order chi connectivity index (χ1) is 17.5. The molecule has 3 aliphatic rings. The van der Waals surface area contributed by atoms with Crippen LogP contribution in [-0.4, -0.2) is 89.8 Å². The number of benzene rings is 1. The summed E-state index contributed by atoms with van der Waals surface area (Å²) in [7, 11) is 2.11. The molecule has 0 bridgehead atoms. The second-order valence-corrected chi connectivity index (χ2v) is 9.97. The summed E-state index contributed by atoms with van der Waals surface area (Å²) >= 11 is 0. The molecule has 9 nitrogen and oxygen atoms in total. The molecule has 1 atom stereocenters. The number of carboxylic acid groups (broad SMARTS) is 1. The number of piperazine rings is 1. The number of nitrogens with zero attached hydrogens (tertiary/aromatic N) is 6. The molecule has 2 fully saturated rings. The number of pyridine rings is 1. The number of amides is 1. The number of hydrogen-bond acceptors (Lipinski definition) is 7. The SMILES string of the molecule is CN1CCC[C@H]1COc1nc2c(c(N3CCN(C(=O)O)CC3)c1C#N)CCN(Cc1ccccc1)C2. The molecule has 0 unspecified atom stereocenters. The lowest BCUT2D eigenvalue weighted by Gasteiger charge is -2.38. The predicted octanol–water partition coefficient (Wildman–Crippen LogP) is 2.78. The summed E-state index contributed by atoms with van der Waals surface area (Å²) in [6, 6.07) is 13.2. The van der Waals surface area contributed by atoms with Gasteiger partial charge < -0.3 is 24.5 Å². The van der Waals surface area contributed by atoms with Crippen LogP contribution < -0.4 is 9.64 Å². The normalized spacial score (nSPS) is 20.7. The molecule has 2 aromatic rings. The van der Waals surface area contributed by atoms with Crippen molar-refractivity contribution in [2.75, 3.05) is 57.8 Å². The Morgan fingerprint density at radius 1 is 1.17 bits per heavy atom. The van der Waals surface area contributed by atoms with Gasteiger partial charge in [0.2, 0.25) is 5.88 Å². The Morgan fingerprint density at radius 2 is 1.94 bits per heavy atom. The van der Waals surface area contributed by atoms with Crippen molar-refractivity contribution in [3.63, 3.8) is 0 Å². The molecule has 1 aromatic carbocycles. The number of fused-ring (bicyclic) bond motifs is 1. The number of nitriles is 1. The minimum absolute atomic E-state index is 0.325. The van der Waals surface area contributed by atoms with Crippen molar-refractivity contribution in [3.8, 4) is 11.9 Å². The molecule has 9 heteroatoms. The highest BCUT2D eigenvalue weighted by atomic mass is 16.5. The van der Waals surface area contributed by atoms with E-state index >= 15 is 0 Å². The van der Waals surface area contributed by atoms with Gasteiger partial charge >= 0.3 is 6.09 Å². The topological polar surface area (TPSA) is 96.2 Å². The molecule has 5 rings (SSSR count). The Balaban J connectivity index is 1.45. The van der Waals surface area contributed by atoms with E-state index in [1.807, 2.05) is 6.07 Å². The van der Waals surface area contributed by atoms with Gasteiger partial charge in [-0.2, -0.15) is 5.26 Å². The van der Waals surface area contributed by atoms with Crippen LogP contribution in [0.1, 0.15) is 35.2 Å². The second kappa shape index (κ2) is 10.7. The largest absolute Gasteiger partial charge is 0.475 e. The minimum Gasteiger partial charge on any atom is -0.475 e. The van der Waals surface area contributed by atoms with Gasteiger partial charge in [0.15, 0.2) is 0 Å². The van der Waals surface area contributed by atoms with Gasteiger partial charge in [-0.05, 0) is 38.4 Å². The molecule has 190 valence electrons. The van der Waals surface area contributed by atoms with E-state index in [0.29, 0.717) is 56.8 Å². The van der Waals surface area contributed by atoms with Gasteiger partial charge in [-0.15, -0.1) is 0 Å². The monoisotopic (exact) mass is 490 g/mol. The number of aromatic nitrogens is 1. The molecule has 4 heterocycles. The molecule has 0 aliphatic carbocycles. The first-order valence-corrected chi connectivity index (χ1v) is 12.8. The van der Waals surface area contributed by atoms with Gasteiger partial charge in [-0.3, -0.25) is 4.90 Å². The third-order valence-electron chi connectivity index (χ3n) is 7.68. The standard InChI is InChI=1S/C27H34N6O3/c1-30-10-5-8-21(30)19-36-26-23(16-28)25(32-12-14-33(15-13-32)27(34)35)22-9-11-31(18-24(22)29-26)17-20-6-3-2-4-7-20/h2-4,6-7,21H,5,8-15,17-19H2,1H3,(H,34,35)/t21-/m0/s1. The summed E-state index contributed by atoms with van der Waals surface area (Å²) in [5, 5.41) is 19.6. The zero-order chi connectivity index (χ0) is 25.1. The van der Waals surface area contributed by atoms with E-state index in [-0.39, 0.29) is 0 Å². The summed E-state index contributed by atoms with van der Waals surface area (Å²) in [5.41, 5.74) is 4.70. The third-order valence-corrected chi connectivity index (χ3v) is 7.68. The van der Waals surface area contributed by atoms with E-state index < -0.39 is 6.09 Å². The van der Waals surface area contributed by atoms with Crippen molar-refractivity contribution >= 4 is 11.8 Å². The summed E-state index contributed by atoms with van der Waals surface area (Å²) in [5.74, 6) is 0.411. The number of hydrogen-bond donors (Lipinski definition) is 1. The Hall–Kier alpha value is -3.35. The van der Waals surface area contributed by atoms with Crippen molar-refractivity contribution in [1.82, 2.24) is 19.7 Å². The molecule has 1 amide bonds. The van der Waals surface area contributed by atoms with Gasteiger partial charge in [0.05, 0.1) is 11.4 Å². The summed E-state index contributed by atoms with van der Waals surface area (Å²) < 4.78 is 6.27. The van der Waals surface area contributed by atoms with E-state index in [1.54, 1.807) is 0 Å². The van der Waals surface area contributed by atoms with Gasteiger partial charge in [0, 0.05) is 57.4 Å². The zero-order valence-electron chi connectivity index (χ0n) is 20.9. The number of rotatable bonds is 6. The highest BCUT2D eigenvalue weighted by molar-refractivity contribution is 5.71. The molecule has 0 radical (unpaired) electrons. The molecular formula is C27H34N6O3. The van der Waals surface area contributed by atoms with Gasteiger partial charge in [-0.1, -0.05) is 30.3 Å². The Bertz CT molecular complexity index is 1130. The van der Waals surface area contributed by atoms with E-state index in [9.17, 15) is 15.2 Å². The van der Waals surface area contributed by atoms with E-state index in [4.69, 9.17) is 9.72 Å².